The van der Waals surface area contributed by atoms with Gasteiger partial charge in [0.25, 0.3) is 10.1 Å². The highest BCUT2D eigenvalue weighted by Crippen LogP contribution is 2.17. The molecule has 2 rings (SSSR count). The SMILES string of the molecule is CC(COS(C)(=O)=O)Cn1ncc2ccc(C(=O)O)cc21. The standard InChI is InChI=1S/C13H16N2O5S/c1-9(8-20-21(2,18)19)7-15-12-5-10(13(16)17)3-4-11(12)6-14-15/h3-6,9H,7-8H2,1-2H3,(H,16,17). The van der Waals surface area contributed by atoms with E-state index in [1.165, 1.54) is 6.07 Å². The zero-order valence-corrected chi connectivity index (χ0v) is 12.5. The maximum atomic E-state index is 11.0. The Morgan fingerprint density at radius 3 is 2.81 bits per heavy atom. The third kappa shape index (κ3) is 4.02. The van der Waals surface area contributed by atoms with Crippen LogP contribution in [0.1, 0.15) is 17.3 Å². The molecule has 21 heavy (non-hydrogen) atoms. The number of carboxylic acid groups (broad SMARTS) is 1. The van der Waals surface area contributed by atoms with E-state index in [4.69, 9.17) is 9.29 Å². The molecule has 1 aromatic carbocycles. The Labute approximate surface area is 122 Å². The van der Waals surface area contributed by atoms with Crippen LogP contribution < -0.4 is 0 Å². The summed E-state index contributed by atoms with van der Waals surface area (Å²) in [6, 6.07) is 4.77. The number of carboxylic acids is 1. The van der Waals surface area contributed by atoms with Crippen LogP contribution in [0.2, 0.25) is 0 Å². The Kier molecular flexibility index (Phi) is 4.29. The second-order valence-electron chi connectivity index (χ2n) is 5.00. The van der Waals surface area contributed by atoms with Crippen LogP contribution >= 0.6 is 0 Å². The summed E-state index contributed by atoms with van der Waals surface area (Å²) in [7, 11) is -3.47. The first-order chi connectivity index (χ1) is 9.76. The lowest BCUT2D eigenvalue weighted by Crippen LogP contribution is -2.17. The normalized spacial score (nSPS) is 13.4. The summed E-state index contributed by atoms with van der Waals surface area (Å²) in [5, 5.41) is 14.0. The Balaban J connectivity index is 2.18. The smallest absolute Gasteiger partial charge is 0.335 e. The van der Waals surface area contributed by atoms with Crippen molar-refractivity contribution in [2.75, 3.05) is 12.9 Å². The molecule has 1 atom stereocenters. The molecule has 1 unspecified atom stereocenters. The van der Waals surface area contributed by atoms with Gasteiger partial charge in [0, 0.05) is 17.8 Å². The molecule has 0 saturated carbocycles. The summed E-state index contributed by atoms with van der Waals surface area (Å²) in [6.07, 6.45) is 2.65. The molecule has 1 heterocycles. The van der Waals surface area contributed by atoms with Gasteiger partial charge in [0.05, 0.1) is 30.1 Å². The van der Waals surface area contributed by atoms with Gasteiger partial charge in [-0.05, 0) is 12.1 Å². The molecule has 0 radical (unpaired) electrons. The average Bonchev–Trinajstić information content (AvgIpc) is 2.78. The average molecular weight is 312 g/mol. The van der Waals surface area contributed by atoms with E-state index in [9.17, 15) is 13.2 Å². The van der Waals surface area contributed by atoms with Gasteiger partial charge in [0.2, 0.25) is 0 Å². The third-order valence-electron chi connectivity index (χ3n) is 2.94. The number of benzene rings is 1. The molecule has 1 N–H and O–H groups in total. The van der Waals surface area contributed by atoms with Crippen LogP contribution in [0.4, 0.5) is 0 Å². The van der Waals surface area contributed by atoms with E-state index >= 15 is 0 Å². The highest BCUT2D eigenvalue weighted by Gasteiger charge is 2.12. The predicted octanol–water partition coefficient (Wildman–Crippen LogP) is 1.35. The van der Waals surface area contributed by atoms with Crippen molar-refractivity contribution in [1.29, 1.82) is 0 Å². The van der Waals surface area contributed by atoms with Crippen LogP contribution in [0, 0.1) is 5.92 Å². The lowest BCUT2D eigenvalue weighted by molar-refractivity contribution is 0.0697. The Hall–Kier alpha value is -1.93. The lowest BCUT2D eigenvalue weighted by Gasteiger charge is -2.12. The number of rotatable bonds is 6. The summed E-state index contributed by atoms with van der Waals surface area (Å²) in [6.45, 7) is 2.32. The highest BCUT2D eigenvalue weighted by molar-refractivity contribution is 7.85. The molecule has 1 aromatic heterocycles. The van der Waals surface area contributed by atoms with Crippen LogP contribution in [0.3, 0.4) is 0 Å². The molecule has 0 aliphatic carbocycles. The molecule has 0 spiro atoms. The number of hydrogen-bond donors (Lipinski definition) is 1. The van der Waals surface area contributed by atoms with Crippen molar-refractivity contribution < 1.29 is 22.5 Å². The number of aromatic nitrogens is 2. The molecule has 114 valence electrons. The quantitative estimate of drug-likeness (QED) is 0.808. The molecule has 0 aliphatic heterocycles. The van der Waals surface area contributed by atoms with E-state index in [0.29, 0.717) is 12.1 Å². The van der Waals surface area contributed by atoms with Crippen molar-refractivity contribution >= 4 is 27.0 Å². The second kappa shape index (κ2) is 5.82. The van der Waals surface area contributed by atoms with Gasteiger partial charge in [-0.1, -0.05) is 13.0 Å². The van der Waals surface area contributed by atoms with Crippen molar-refractivity contribution in [3.05, 3.63) is 30.0 Å². The van der Waals surface area contributed by atoms with Gasteiger partial charge >= 0.3 is 5.97 Å². The van der Waals surface area contributed by atoms with E-state index in [2.05, 4.69) is 5.10 Å². The van der Waals surface area contributed by atoms with Crippen molar-refractivity contribution in [3.63, 3.8) is 0 Å². The Morgan fingerprint density at radius 2 is 2.19 bits per heavy atom. The molecule has 7 nitrogen and oxygen atoms in total. The van der Waals surface area contributed by atoms with Crippen LogP contribution in [0.25, 0.3) is 10.9 Å². The van der Waals surface area contributed by atoms with Gasteiger partial charge < -0.3 is 5.11 Å². The third-order valence-corrected chi connectivity index (χ3v) is 3.51. The summed E-state index contributed by atoms with van der Waals surface area (Å²) < 4.78 is 28.3. The number of fused-ring (bicyclic) bond motifs is 1. The molecule has 2 aromatic rings. The minimum atomic E-state index is -3.47. The van der Waals surface area contributed by atoms with E-state index in [1.54, 1.807) is 23.0 Å². The number of aromatic carboxylic acids is 1. The Bertz CT molecular complexity index is 766. The van der Waals surface area contributed by atoms with Crippen LogP contribution in [0.5, 0.6) is 0 Å². The summed E-state index contributed by atoms with van der Waals surface area (Å²) in [5.74, 6) is -1.09. The van der Waals surface area contributed by atoms with E-state index < -0.39 is 16.1 Å². The van der Waals surface area contributed by atoms with Gasteiger partial charge in [-0.3, -0.25) is 8.86 Å². The van der Waals surface area contributed by atoms with Gasteiger partial charge in [-0.2, -0.15) is 13.5 Å². The first kappa shape index (κ1) is 15.5. The van der Waals surface area contributed by atoms with Gasteiger partial charge in [0.1, 0.15) is 0 Å². The number of hydrogen-bond acceptors (Lipinski definition) is 5. The molecule has 8 heteroatoms. The fourth-order valence-corrected chi connectivity index (χ4v) is 2.42. The topological polar surface area (TPSA) is 98.5 Å². The van der Waals surface area contributed by atoms with Crippen LogP contribution in [0.15, 0.2) is 24.4 Å². The molecular formula is C13H16N2O5S. The first-order valence-corrected chi connectivity index (χ1v) is 8.11. The van der Waals surface area contributed by atoms with E-state index in [-0.39, 0.29) is 18.1 Å². The van der Waals surface area contributed by atoms with E-state index in [0.717, 1.165) is 11.6 Å². The number of nitrogens with zero attached hydrogens (tertiary/aromatic N) is 2. The second-order valence-corrected chi connectivity index (χ2v) is 6.64. The zero-order chi connectivity index (χ0) is 15.6. The van der Waals surface area contributed by atoms with Crippen molar-refractivity contribution in [3.8, 4) is 0 Å². The fraction of sp³-hybridized carbons (Fsp3) is 0.385. The minimum Gasteiger partial charge on any atom is -0.478 e. The highest BCUT2D eigenvalue weighted by atomic mass is 32.2. The number of carbonyl (C=O) groups is 1. The maximum absolute atomic E-state index is 11.0. The molecule has 0 amide bonds. The van der Waals surface area contributed by atoms with E-state index in [1.807, 2.05) is 6.92 Å². The van der Waals surface area contributed by atoms with Crippen LogP contribution in [-0.2, 0) is 20.8 Å². The molecule has 0 bridgehead atoms. The van der Waals surface area contributed by atoms with Crippen LogP contribution in [-0.4, -0.2) is 42.1 Å². The predicted molar refractivity (Wildman–Crippen MR) is 76.7 cm³/mol. The fourth-order valence-electron chi connectivity index (χ4n) is 1.94. The van der Waals surface area contributed by atoms with Gasteiger partial charge in [0.15, 0.2) is 0 Å². The summed E-state index contributed by atoms with van der Waals surface area (Å²) in [5.41, 5.74) is 0.880. The van der Waals surface area contributed by atoms with Crippen molar-refractivity contribution in [2.45, 2.75) is 13.5 Å². The minimum absolute atomic E-state index is 0.0544. The van der Waals surface area contributed by atoms with Gasteiger partial charge in [-0.25, -0.2) is 4.79 Å². The zero-order valence-electron chi connectivity index (χ0n) is 11.7. The molecule has 0 aliphatic rings. The summed E-state index contributed by atoms with van der Waals surface area (Å²) in [4.78, 5) is 11.0. The molecular weight excluding hydrogens is 296 g/mol. The lowest BCUT2D eigenvalue weighted by atomic mass is 10.1. The van der Waals surface area contributed by atoms with Gasteiger partial charge in [-0.15, -0.1) is 0 Å². The molecule has 0 fully saturated rings. The van der Waals surface area contributed by atoms with Crippen molar-refractivity contribution in [1.82, 2.24) is 9.78 Å². The van der Waals surface area contributed by atoms with Crippen molar-refractivity contribution in [2.24, 2.45) is 5.92 Å². The Morgan fingerprint density at radius 1 is 1.48 bits per heavy atom. The largest absolute Gasteiger partial charge is 0.478 e. The monoisotopic (exact) mass is 312 g/mol. The maximum Gasteiger partial charge on any atom is 0.335 e. The summed E-state index contributed by atoms with van der Waals surface area (Å²) >= 11 is 0. The first-order valence-electron chi connectivity index (χ1n) is 6.29. The molecule has 0 saturated heterocycles.